The quantitative estimate of drug-likeness (QED) is 0.860. The molecule has 3 N–H and O–H groups in total. The number of rotatable bonds is 4. The van der Waals surface area contributed by atoms with E-state index in [9.17, 15) is 9.90 Å². The number of ether oxygens (including phenoxy) is 2. The average Bonchev–Trinajstić information content (AvgIpc) is 2.67. The number of carbonyl (C=O) groups excluding carboxylic acids is 1. The van der Waals surface area contributed by atoms with Gasteiger partial charge in [0.05, 0.1) is 25.9 Å². The maximum absolute atomic E-state index is 12.0. The lowest BCUT2D eigenvalue weighted by Gasteiger charge is -2.39. The summed E-state index contributed by atoms with van der Waals surface area (Å²) in [5, 5.41) is 9.42. The number of hydrogen-bond donors (Lipinski definition) is 2. The van der Waals surface area contributed by atoms with Crippen LogP contribution in [0.4, 0.5) is 4.79 Å². The van der Waals surface area contributed by atoms with Crippen molar-refractivity contribution in [1.82, 2.24) is 4.90 Å². The molecule has 26 heavy (non-hydrogen) atoms. The van der Waals surface area contributed by atoms with Crippen molar-refractivity contribution in [3.05, 3.63) is 29.8 Å². The molecule has 2 fully saturated rings. The first-order valence-corrected chi connectivity index (χ1v) is 9.59. The van der Waals surface area contributed by atoms with Crippen LogP contribution < -0.4 is 5.73 Å². The molecule has 1 aromatic carbocycles. The van der Waals surface area contributed by atoms with Gasteiger partial charge < -0.3 is 25.2 Å². The molecular formula is C20H30N2O4. The van der Waals surface area contributed by atoms with Gasteiger partial charge in [0.2, 0.25) is 0 Å². The van der Waals surface area contributed by atoms with Crippen molar-refractivity contribution in [3.63, 3.8) is 0 Å². The second kappa shape index (κ2) is 8.73. The average molecular weight is 362 g/mol. The molecule has 1 aliphatic carbocycles. The van der Waals surface area contributed by atoms with Crippen molar-refractivity contribution >= 4 is 6.09 Å². The lowest BCUT2D eigenvalue weighted by molar-refractivity contribution is -0.0229. The van der Waals surface area contributed by atoms with Gasteiger partial charge in [0, 0.05) is 12.6 Å². The van der Waals surface area contributed by atoms with E-state index in [4.69, 9.17) is 15.2 Å². The van der Waals surface area contributed by atoms with E-state index >= 15 is 0 Å². The number of carbonyl (C=O) groups is 1. The fourth-order valence-corrected chi connectivity index (χ4v) is 4.19. The topological polar surface area (TPSA) is 85.0 Å². The third-order valence-corrected chi connectivity index (χ3v) is 5.78. The molecule has 6 heteroatoms. The van der Waals surface area contributed by atoms with Gasteiger partial charge in [-0.2, -0.15) is 0 Å². The minimum Gasteiger partial charge on any atom is -0.508 e. The van der Waals surface area contributed by atoms with Crippen molar-refractivity contribution in [2.24, 2.45) is 5.73 Å². The molecule has 0 spiro atoms. The van der Waals surface area contributed by atoms with E-state index in [1.165, 1.54) is 12.7 Å². The zero-order valence-corrected chi connectivity index (χ0v) is 15.5. The van der Waals surface area contributed by atoms with Gasteiger partial charge >= 0.3 is 6.09 Å². The maximum atomic E-state index is 12.0. The van der Waals surface area contributed by atoms with E-state index in [1.807, 2.05) is 12.1 Å². The van der Waals surface area contributed by atoms with Crippen LogP contribution in [0.1, 0.15) is 50.0 Å². The summed E-state index contributed by atoms with van der Waals surface area (Å²) in [5.74, 6) is 0.837. The Hall–Kier alpha value is -1.79. The number of amides is 1. The zero-order valence-electron chi connectivity index (χ0n) is 15.5. The van der Waals surface area contributed by atoms with Gasteiger partial charge in [0.25, 0.3) is 0 Å². The number of methoxy groups -OCH3 is 1. The third-order valence-electron chi connectivity index (χ3n) is 5.78. The molecule has 0 unspecified atom stereocenters. The van der Waals surface area contributed by atoms with Crippen LogP contribution in [0, 0.1) is 0 Å². The number of nitrogens with two attached hydrogens (primary N) is 1. The molecule has 6 nitrogen and oxygen atoms in total. The van der Waals surface area contributed by atoms with Gasteiger partial charge in [0.1, 0.15) is 5.75 Å². The van der Waals surface area contributed by atoms with Gasteiger partial charge in [-0.15, -0.1) is 0 Å². The molecule has 2 aliphatic rings. The van der Waals surface area contributed by atoms with Crippen LogP contribution in [0.25, 0.3) is 0 Å². The van der Waals surface area contributed by atoms with Crippen LogP contribution in [0.2, 0.25) is 0 Å². The normalized spacial score (nSPS) is 29.4. The van der Waals surface area contributed by atoms with Crippen LogP contribution in [-0.4, -0.2) is 54.5 Å². The number of nitrogens with zero attached hydrogens (tertiary/aromatic N) is 1. The molecule has 1 saturated carbocycles. The van der Waals surface area contributed by atoms with Crippen molar-refractivity contribution in [1.29, 1.82) is 0 Å². The number of phenolic OH excluding ortho intramolecular Hbond substituents is 1. The standard InChI is InChI=1S/C20H30N2O4/c1-25-20(24)22-12-2-3-18(21)19(22)13-26-17-10-6-15(7-11-17)14-4-8-16(23)9-5-14/h4-5,8-9,15,17-19,23H,2-3,6-7,10-13,21H2,1H3/t15?,17?,18-,19-/m0/s1. The van der Waals surface area contributed by atoms with Crippen LogP contribution in [0.5, 0.6) is 5.75 Å². The number of benzene rings is 1. The fraction of sp³-hybridized carbons (Fsp3) is 0.650. The Morgan fingerprint density at radius 1 is 1.19 bits per heavy atom. The highest BCUT2D eigenvalue weighted by Gasteiger charge is 2.34. The highest BCUT2D eigenvalue weighted by atomic mass is 16.5. The Kier molecular flexibility index (Phi) is 6.38. The lowest BCUT2D eigenvalue weighted by atomic mass is 9.82. The lowest BCUT2D eigenvalue weighted by Crippen LogP contribution is -2.56. The van der Waals surface area contributed by atoms with Gasteiger partial charge in [-0.1, -0.05) is 12.1 Å². The van der Waals surface area contributed by atoms with E-state index in [-0.39, 0.29) is 24.3 Å². The van der Waals surface area contributed by atoms with Crippen molar-refractivity contribution in [3.8, 4) is 5.75 Å². The number of piperidine rings is 1. The highest BCUT2D eigenvalue weighted by molar-refractivity contribution is 5.68. The Labute approximate surface area is 155 Å². The predicted molar refractivity (Wildman–Crippen MR) is 99.2 cm³/mol. The summed E-state index contributed by atoms with van der Waals surface area (Å²) in [6.45, 7) is 1.16. The minimum atomic E-state index is -0.315. The Morgan fingerprint density at radius 2 is 1.88 bits per heavy atom. The predicted octanol–water partition coefficient (Wildman–Crippen LogP) is 2.99. The van der Waals surface area contributed by atoms with Gasteiger partial charge in [-0.3, -0.25) is 0 Å². The van der Waals surface area contributed by atoms with Gasteiger partial charge in [0.15, 0.2) is 0 Å². The molecule has 0 radical (unpaired) electrons. The second-order valence-corrected chi connectivity index (χ2v) is 7.44. The largest absolute Gasteiger partial charge is 0.508 e. The number of hydrogen-bond acceptors (Lipinski definition) is 5. The number of aromatic hydroxyl groups is 1. The van der Waals surface area contributed by atoms with E-state index in [0.29, 0.717) is 24.8 Å². The molecule has 2 atom stereocenters. The molecule has 1 aromatic rings. The second-order valence-electron chi connectivity index (χ2n) is 7.44. The summed E-state index contributed by atoms with van der Waals surface area (Å²) < 4.78 is 11.0. The van der Waals surface area contributed by atoms with E-state index in [2.05, 4.69) is 0 Å². The molecule has 0 aromatic heterocycles. The molecule has 1 saturated heterocycles. The first-order valence-electron chi connectivity index (χ1n) is 9.59. The van der Waals surface area contributed by atoms with Gasteiger partial charge in [-0.25, -0.2) is 4.79 Å². The summed E-state index contributed by atoms with van der Waals surface area (Å²) in [4.78, 5) is 13.7. The molecular weight excluding hydrogens is 332 g/mol. The first-order chi connectivity index (χ1) is 12.6. The highest BCUT2D eigenvalue weighted by Crippen LogP contribution is 2.34. The SMILES string of the molecule is COC(=O)N1CCC[C@H](N)[C@@H]1COC1CCC(c2ccc(O)cc2)CC1. The Morgan fingerprint density at radius 3 is 2.54 bits per heavy atom. The number of phenols is 1. The third kappa shape index (κ3) is 4.48. The smallest absolute Gasteiger partial charge is 0.409 e. The summed E-state index contributed by atoms with van der Waals surface area (Å²) in [6.07, 6.45) is 5.89. The molecule has 1 heterocycles. The van der Waals surface area contributed by atoms with Crippen molar-refractivity contribution in [2.75, 3.05) is 20.3 Å². The van der Waals surface area contributed by atoms with E-state index in [1.54, 1.807) is 17.0 Å². The zero-order chi connectivity index (χ0) is 18.5. The molecule has 3 rings (SSSR count). The van der Waals surface area contributed by atoms with E-state index < -0.39 is 0 Å². The fourth-order valence-electron chi connectivity index (χ4n) is 4.19. The van der Waals surface area contributed by atoms with Gasteiger partial charge in [-0.05, 0) is 62.1 Å². The molecule has 1 aliphatic heterocycles. The Balaban J connectivity index is 1.49. The van der Waals surface area contributed by atoms with Crippen LogP contribution in [0.3, 0.4) is 0 Å². The molecule has 1 amide bonds. The van der Waals surface area contributed by atoms with Crippen LogP contribution in [0.15, 0.2) is 24.3 Å². The van der Waals surface area contributed by atoms with E-state index in [0.717, 1.165) is 38.5 Å². The van der Waals surface area contributed by atoms with Crippen LogP contribution >= 0.6 is 0 Å². The maximum Gasteiger partial charge on any atom is 0.409 e. The summed E-state index contributed by atoms with van der Waals surface area (Å²) >= 11 is 0. The van der Waals surface area contributed by atoms with Crippen LogP contribution in [-0.2, 0) is 9.47 Å². The summed E-state index contributed by atoms with van der Waals surface area (Å²) in [7, 11) is 1.41. The van der Waals surface area contributed by atoms with Crippen molar-refractivity contribution in [2.45, 2.75) is 62.6 Å². The monoisotopic (exact) mass is 362 g/mol. The Bertz CT molecular complexity index is 584. The molecule has 144 valence electrons. The molecule has 0 bridgehead atoms. The summed E-state index contributed by atoms with van der Waals surface area (Å²) in [5.41, 5.74) is 7.52. The minimum absolute atomic E-state index is 0.0591. The number of likely N-dealkylation sites (tertiary alicyclic amines) is 1. The first kappa shape index (κ1) is 19.0. The summed E-state index contributed by atoms with van der Waals surface area (Å²) in [6, 6.07) is 7.36. The van der Waals surface area contributed by atoms with Crippen molar-refractivity contribution < 1.29 is 19.4 Å².